The van der Waals surface area contributed by atoms with E-state index < -0.39 is 0 Å². The van der Waals surface area contributed by atoms with Gasteiger partial charge in [-0.25, -0.2) is 4.98 Å². The molecule has 2 aromatic carbocycles. The topological polar surface area (TPSA) is 75.6 Å². The van der Waals surface area contributed by atoms with Gasteiger partial charge in [0.25, 0.3) is 5.91 Å². The minimum absolute atomic E-state index is 0.128. The van der Waals surface area contributed by atoms with E-state index in [4.69, 9.17) is 17.2 Å². The smallest absolute Gasteiger partial charge is 0.252 e. The third-order valence-corrected chi connectivity index (χ3v) is 5.59. The van der Waals surface area contributed by atoms with Crippen LogP contribution in [0.25, 0.3) is 22.2 Å². The zero-order valence-electron chi connectivity index (χ0n) is 17.2. The van der Waals surface area contributed by atoms with Gasteiger partial charge in [0.2, 0.25) is 0 Å². The molecule has 0 bridgehead atoms. The first kappa shape index (κ1) is 20.0. The van der Waals surface area contributed by atoms with Crippen LogP contribution >= 0.6 is 12.2 Å². The van der Waals surface area contributed by atoms with Gasteiger partial charge in [-0.05, 0) is 43.8 Å². The Labute approximate surface area is 180 Å². The average molecular weight is 418 g/mol. The Morgan fingerprint density at radius 1 is 1.17 bits per heavy atom. The molecule has 4 rings (SSSR count). The number of carbonyl (C=O) groups is 1. The highest BCUT2D eigenvalue weighted by Crippen LogP contribution is 2.27. The summed E-state index contributed by atoms with van der Waals surface area (Å²) in [7, 11) is 1.86. The fourth-order valence-electron chi connectivity index (χ4n) is 3.59. The molecule has 2 heterocycles. The molecular formula is C23H23N5OS. The van der Waals surface area contributed by atoms with E-state index >= 15 is 0 Å². The van der Waals surface area contributed by atoms with E-state index in [1.165, 1.54) is 5.56 Å². The summed E-state index contributed by atoms with van der Waals surface area (Å²) >= 11 is 5.14. The fourth-order valence-corrected chi connectivity index (χ4v) is 3.74. The first-order chi connectivity index (χ1) is 14.4. The first-order valence-corrected chi connectivity index (χ1v) is 10.2. The molecule has 152 valence electrons. The average Bonchev–Trinajstić information content (AvgIpc) is 3.05. The third-order valence-electron chi connectivity index (χ3n) is 5.23. The summed E-state index contributed by atoms with van der Waals surface area (Å²) in [5, 5.41) is 10.8. The van der Waals surface area contributed by atoms with E-state index in [1.807, 2.05) is 41.9 Å². The Morgan fingerprint density at radius 3 is 2.70 bits per heavy atom. The van der Waals surface area contributed by atoms with Crippen molar-refractivity contribution in [1.82, 2.24) is 25.1 Å². The number of nitrogens with one attached hydrogen (secondary N) is 2. The summed E-state index contributed by atoms with van der Waals surface area (Å²) in [6, 6.07) is 15.9. The number of carbonyl (C=O) groups excluding carboxylic acids is 1. The summed E-state index contributed by atoms with van der Waals surface area (Å²) in [5.74, 6) is 0.673. The normalized spacial score (nSPS) is 11.0. The fraction of sp³-hybridized carbons (Fsp3) is 0.217. The van der Waals surface area contributed by atoms with E-state index in [0.29, 0.717) is 23.3 Å². The predicted octanol–water partition coefficient (Wildman–Crippen LogP) is 4.28. The first-order valence-electron chi connectivity index (χ1n) is 9.80. The molecule has 2 aromatic heterocycles. The second kappa shape index (κ2) is 8.20. The van der Waals surface area contributed by atoms with Crippen molar-refractivity contribution in [1.29, 1.82) is 0 Å². The highest BCUT2D eigenvalue weighted by atomic mass is 32.1. The van der Waals surface area contributed by atoms with E-state index in [-0.39, 0.29) is 5.91 Å². The molecule has 4 aromatic rings. The lowest BCUT2D eigenvalue weighted by atomic mass is 9.99. The number of aromatic nitrogens is 4. The number of para-hydroxylation sites is 1. The number of H-pyrrole nitrogens is 1. The number of aryl methyl sites for hydroxylation is 2. The van der Waals surface area contributed by atoms with Gasteiger partial charge < -0.3 is 9.88 Å². The van der Waals surface area contributed by atoms with E-state index in [9.17, 15) is 4.79 Å². The van der Waals surface area contributed by atoms with Crippen LogP contribution in [0, 0.1) is 18.6 Å². The van der Waals surface area contributed by atoms with Crippen LogP contribution < -0.4 is 5.32 Å². The molecule has 2 N–H and O–H groups in total. The van der Waals surface area contributed by atoms with Gasteiger partial charge in [-0.2, -0.15) is 5.10 Å². The molecule has 30 heavy (non-hydrogen) atoms. The van der Waals surface area contributed by atoms with Gasteiger partial charge in [-0.1, -0.05) is 42.0 Å². The molecule has 0 radical (unpaired) electrons. The minimum atomic E-state index is -0.128. The van der Waals surface area contributed by atoms with Gasteiger partial charge >= 0.3 is 0 Å². The van der Waals surface area contributed by atoms with Gasteiger partial charge in [0.15, 0.2) is 4.77 Å². The molecule has 0 saturated heterocycles. The van der Waals surface area contributed by atoms with E-state index in [2.05, 4.69) is 47.6 Å². The Morgan fingerprint density at radius 2 is 1.97 bits per heavy atom. The molecule has 0 fully saturated rings. The summed E-state index contributed by atoms with van der Waals surface area (Å²) in [4.78, 5) is 17.9. The SMILES string of the molecule is Cc1ccc(-c2cc(C(=O)NCCc3n[nH]c(=S)n3C)c3ccccc3n2)c(C)c1. The molecule has 0 aliphatic rings. The van der Waals surface area contributed by atoms with E-state index in [1.54, 1.807) is 0 Å². The second-order valence-corrected chi connectivity index (χ2v) is 7.79. The molecule has 0 saturated carbocycles. The number of benzene rings is 2. The lowest BCUT2D eigenvalue weighted by Gasteiger charge is -2.12. The van der Waals surface area contributed by atoms with E-state index in [0.717, 1.165) is 33.5 Å². The van der Waals surface area contributed by atoms with Crippen molar-refractivity contribution in [2.75, 3.05) is 6.54 Å². The van der Waals surface area contributed by atoms with Crippen molar-refractivity contribution in [3.63, 3.8) is 0 Å². The second-order valence-electron chi connectivity index (χ2n) is 7.40. The highest BCUT2D eigenvalue weighted by Gasteiger charge is 2.15. The number of nitrogens with zero attached hydrogens (tertiary/aromatic N) is 3. The van der Waals surface area contributed by atoms with Crippen molar-refractivity contribution < 1.29 is 4.79 Å². The van der Waals surface area contributed by atoms with Crippen molar-refractivity contribution in [3.8, 4) is 11.3 Å². The third kappa shape index (κ3) is 3.89. The van der Waals surface area contributed by atoms with Gasteiger partial charge in [-0.15, -0.1) is 0 Å². The van der Waals surface area contributed by atoms with Gasteiger partial charge in [0.05, 0.1) is 16.8 Å². The predicted molar refractivity (Wildman–Crippen MR) is 121 cm³/mol. The molecule has 1 amide bonds. The Balaban J connectivity index is 1.65. The van der Waals surface area contributed by atoms with Crippen LogP contribution in [0.2, 0.25) is 0 Å². The summed E-state index contributed by atoms with van der Waals surface area (Å²) in [5.41, 5.74) is 5.58. The summed E-state index contributed by atoms with van der Waals surface area (Å²) < 4.78 is 2.37. The Hall–Kier alpha value is -3.32. The molecule has 0 spiro atoms. The number of hydrogen-bond acceptors (Lipinski definition) is 4. The lowest BCUT2D eigenvalue weighted by Crippen LogP contribution is -2.26. The van der Waals surface area contributed by atoms with Crippen LogP contribution in [0.4, 0.5) is 0 Å². The number of pyridine rings is 1. The maximum atomic E-state index is 13.1. The lowest BCUT2D eigenvalue weighted by molar-refractivity contribution is 0.0955. The zero-order valence-corrected chi connectivity index (χ0v) is 18.0. The van der Waals surface area contributed by atoms with Gasteiger partial charge in [-0.3, -0.25) is 9.89 Å². The van der Waals surface area contributed by atoms with Crippen molar-refractivity contribution in [2.24, 2.45) is 7.05 Å². The largest absolute Gasteiger partial charge is 0.352 e. The van der Waals surface area contributed by atoms with Crippen LogP contribution in [-0.4, -0.2) is 32.2 Å². The molecule has 0 aliphatic carbocycles. The zero-order chi connectivity index (χ0) is 21.3. The van der Waals surface area contributed by atoms with Crippen LogP contribution in [0.3, 0.4) is 0 Å². The van der Waals surface area contributed by atoms with Crippen LogP contribution in [-0.2, 0) is 13.5 Å². The van der Waals surface area contributed by atoms with Crippen LogP contribution in [0.5, 0.6) is 0 Å². The number of aromatic amines is 1. The van der Waals surface area contributed by atoms with Crippen molar-refractivity contribution in [2.45, 2.75) is 20.3 Å². The number of fused-ring (bicyclic) bond motifs is 1. The number of amides is 1. The van der Waals surface area contributed by atoms with Crippen molar-refractivity contribution in [3.05, 3.63) is 75.8 Å². The summed E-state index contributed by atoms with van der Waals surface area (Å²) in [6.07, 6.45) is 0.586. The van der Waals surface area contributed by atoms with Gasteiger partial charge in [0.1, 0.15) is 5.82 Å². The summed E-state index contributed by atoms with van der Waals surface area (Å²) in [6.45, 7) is 4.59. The Kier molecular flexibility index (Phi) is 5.46. The minimum Gasteiger partial charge on any atom is -0.352 e. The molecule has 6 nitrogen and oxygen atoms in total. The van der Waals surface area contributed by atoms with Crippen LogP contribution in [0.15, 0.2) is 48.5 Å². The molecular weight excluding hydrogens is 394 g/mol. The highest BCUT2D eigenvalue weighted by molar-refractivity contribution is 7.71. The maximum absolute atomic E-state index is 13.1. The molecule has 0 aliphatic heterocycles. The molecule has 0 unspecified atom stereocenters. The number of hydrogen-bond donors (Lipinski definition) is 2. The monoisotopic (exact) mass is 417 g/mol. The Bertz CT molecular complexity index is 1300. The van der Waals surface area contributed by atoms with Crippen molar-refractivity contribution >= 4 is 29.0 Å². The molecule has 0 atom stereocenters. The maximum Gasteiger partial charge on any atom is 0.252 e. The molecule has 7 heteroatoms. The van der Waals surface area contributed by atoms with Crippen LogP contribution in [0.1, 0.15) is 27.3 Å². The standard InChI is InChI=1S/C23H23N5OS/c1-14-8-9-16(15(2)12-14)20-13-18(17-6-4-5-7-19(17)25-20)22(29)24-11-10-21-26-27-23(30)28(21)3/h4-9,12-13H,10-11H2,1-3H3,(H,24,29)(H,27,30). The van der Waals surface area contributed by atoms with Gasteiger partial charge in [0, 0.05) is 31.0 Å². The number of rotatable bonds is 5. The quantitative estimate of drug-likeness (QED) is 0.475.